The van der Waals surface area contributed by atoms with Crippen LogP contribution in [0.2, 0.25) is 0 Å². The van der Waals surface area contributed by atoms with Gasteiger partial charge in [0.15, 0.2) is 11.4 Å². The van der Waals surface area contributed by atoms with Crippen LogP contribution in [-0.4, -0.2) is 48.6 Å². The summed E-state index contributed by atoms with van der Waals surface area (Å²) in [6.45, 7) is 2.49. The van der Waals surface area contributed by atoms with Crippen LogP contribution >= 0.6 is 0 Å². The number of amides is 2. The first-order valence-corrected chi connectivity index (χ1v) is 13.1. The quantitative estimate of drug-likeness (QED) is 0.445. The molecule has 1 saturated heterocycles. The van der Waals surface area contributed by atoms with Crippen LogP contribution < -0.4 is 16.2 Å². The lowest BCUT2D eigenvalue weighted by Crippen LogP contribution is -2.45. The maximum atomic E-state index is 12.7. The van der Waals surface area contributed by atoms with Gasteiger partial charge in [-0.1, -0.05) is 41.6 Å². The first kappa shape index (κ1) is 26.2. The van der Waals surface area contributed by atoms with Gasteiger partial charge in [-0.15, -0.1) is 0 Å². The Bertz CT molecular complexity index is 1260. The van der Waals surface area contributed by atoms with Crippen LogP contribution in [0.1, 0.15) is 37.3 Å². The van der Waals surface area contributed by atoms with E-state index in [-0.39, 0.29) is 17.6 Å². The number of aromatic nitrogens is 1. The molecule has 1 aromatic heterocycles. The van der Waals surface area contributed by atoms with E-state index in [2.05, 4.69) is 15.6 Å². The van der Waals surface area contributed by atoms with Crippen molar-refractivity contribution >= 4 is 38.6 Å². The monoisotopic (exact) mass is 501 g/mol. The molecule has 10 nitrogen and oxygen atoms in total. The van der Waals surface area contributed by atoms with Crippen molar-refractivity contribution in [3.05, 3.63) is 59.7 Å². The summed E-state index contributed by atoms with van der Waals surface area (Å²) in [6, 6.07) is 15.1. The van der Waals surface area contributed by atoms with Gasteiger partial charge in [-0.05, 0) is 49.4 Å². The summed E-state index contributed by atoms with van der Waals surface area (Å²) in [6.07, 6.45) is 2.64. The zero-order valence-electron chi connectivity index (χ0n) is 19.6. The molecule has 2 heterocycles. The van der Waals surface area contributed by atoms with Crippen molar-refractivity contribution < 1.29 is 22.5 Å². The minimum absolute atomic E-state index is 0.0208. The second-order valence-electron chi connectivity index (χ2n) is 8.30. The molecule has 1 fully saturated rings. The summed E-state index contributed by atoms with van der Waals surface area (Å²) in [7, 11) is -3.16. The highest BCUT2D eigenvalue weighted by molar-refractivity contribution is 7.89. The normalized spacial score (nSPS) is 15.5. The fourth-order valence-corrected chi connectivity index (χ4v) is 3.80. The fourth-order valence-electron chi connectivity index (χ4n) is 3.80. The number of rotatable bonds is 7. The van der Waals surface area contributed by atoms with E-state index < -0.39 is 16.1 Å². The van der Waals surface area contributed by atoms with Crippen LogP contribution in [0.5, 0.6) is 0 Å². The van der Waals surface area contributed by atoms with Gasteiger partial charge in [0.25, 0.3) is 0 Å². The Labute approximate surface area is 204 Å². The van der Waals surface area contributed by atoms with Crippen molar-refractivity contribution in [2.45, 2.75) is 45.2 Å². The van der Waals surface area contributed by atoms with E-state index in [0.717, 1.165) is 22.9 Å². The molecule has 11 heteroatoms. The molecule has 0 bridgehead atoms. The molecule has 2 amide bonds. The third-order valence-electron chi connectivity index (χ3n) is 5.78. The molecule has 1 aliphatic heterocycles. The summed E-state index contributed by atoms with van der Waals surface area (Å²) in [5.41, 5.74) is 8.33. The molecule has 1 aliphatic rings. The average molecular weight is 502 g/mol. The summed E-state index contributed by atoms with van der Waals surface area (Å²) in [4.78, 5) is 27.1. The lowest BCUT2D eigenvalue weighted by atomic mass is 10.1. The number of fused-ring (bicyclic) bond motifs is 1. The van der Waals surface area contributed by atoms with Crippen molar-refractivity contribution in [1.29, 1.82) is 0 Å². The van der Waals surface area contributed by atoms with Crippen molar-refractivity contribution in [1.82, 2.24) is 15.4 Å². The number of nitrogen functional groups attached to an aromatic ring is 1. The molecule has 3 aromatic rings. The SMILES string of the molecule is CCS(N)(=O)=O.Nc1noc2cc(CNC(=O)[C@@H]3CCCN3C(=O)CCc3ccccc3)ccc12. The van der Waals surface area contributed by atoms with Gasteiger partial charge in [0, 0.05) is 19.5 Å². The van der Waals surface area contributed by atoms with Crippen LogP contribution in [0.15, 0.2) is 53.1 Å². The Hall–Kier alpha value is -3.44. The summed E-state index contributed by atoms with van der Waals surface area (Å²) >= 11 is 0. The predicted molar refractivity (Wildman–Crippen MR) is 133 cm³/mol. The van der Waals surface area contributed by atoms with Gasteiger partial charge >= 0.3 is 0 Å². The number of nitrogens with zero attached hydrogens (tertiary/aromatic N) is 2. The van der Waals surface area contributed by atoms with Crippen molar-refractivity contribution in [2.24, 2.45) is 5.14 Å². The predicted octanol–water partition coefficient (Wildman–Crippen LogP) is 1.94. The molecule has 1 atom stereocenters. The Morgan fingerprint density at radius 2 is 1.89 bits per heavy atom. The third kappa shape index (κ3) is 7.52. The molecule has 0 saturated carbocycles. The highest BCUT2D eigenvalue weighted by atomic mass is 32.2. The van der Waals surface area contributed by atoms with Crippen molar-refractivity contribution in [3.63, 3.8) is 0 Å². The molecular formula is C24H31N5O5S. The van der Waals surface area contributed by atoms with Gasteiger partial charge < -0.3 is 20.5 Å². The Kier molecular flexibility index (Phi) is 8.83. The van der Waals surface area contributed by atoms with E-state index in [1.807, 2.05) is 48.5 Å². The number of primary sulfonamides is 1. The number of carbonyl (C=O) groups is 2. The molecule has 0 radical (unpaired) electrons. The lowest BCUT2D eigenvalue weighted by Gasteiger charge is -2.24. The minimum Gasteiger partial charge on any atom is -0.380 e. The summed E-state index contributed by atoms with van der Waals surface area (Å²) < 4.78 is 24.7. The summed E-state index contributed by atoms with van der Waals surface area (Å²) in [5.74, 6) is 0.288. The van der Waals surface area contributed by atoms with Gasteiger partial charge in [0.1, 0.15) is 6.04 Å². The molecule has 2 aromatic carbocycles. The van der Waals surface area contributed by atoms with E-state index in [1.54, 1.807) is 4.90 Å². The topological polar surface area (TPSA) is 162 Å². The molecular weight excluding hydrogens is 470 g/mol. The first-order chi connectivity index (χ1) is 16.7. The van der Waals surface area contributed by atoms with Gasteiger partial charge in [-0.3, -0.25) is 9.59 Å². The Morgan fingerprint density at radius 3 is 2.57 bits per heavy atom. The number of aryl methyl sites for hydroxylation is 1. The maximum Gasteiger partial charge on any atom is 0.243 e. The molecule has 0 spiro atoms. The highest BCUT2D eigenvalue weighted by Gasteiger charge is 2.33. The molecule has 35 heavy (non-hydrogen) atoms. The van der Waals surface area contributed by atoms with E-state index in [0.29, 0.717) is 43.8 Å². The zero-order valence-corrected chi connectivity index (χ0v) is 20.5. The van der Waals surface area contributed by atoms with E-state index >= 15 is 0 Å². The van der Waals surface area contributed by atoms with Gasteiger partial charge in [0.2, 0.25) is 21.8 Å². The molecule has 5 N–H and O–H groups in total. The Balaban J connectivity index is 0.000000509. The number of nitrogens with two attached hydrogens (primary N) is 2. The third-order valence-corrected chi connectivity index (χ3v) is 6.58. The Morgan fingerprint density at radius 1 is 1.17 bits per heavy atom. The van der Waals surface area contributed by atoms with Gasteiger partial charge in [-0.2, -0.15) is 0 Å². The number of nitrogens with one attached hydrogen (secondary N) is 1. The zero-order chi connectivity index (χ0) is 25.4. The van der Waals surface area contributed by atoms with E-state index in [4.69, 9.17) is 10.3 Å². The van der Waals surface area contributed by atoms with E-state index in [9.17, 15) is 18.0 Å². The van der Waals surface area contributed by atoms with Crippen LogP contribution in [-0.2, 0) is 32.6 Å². The standard InChI is InChI=1S/C22H24N4O3.C2H7NO2S/c23-21-17-10-8-16(13-19(17)29-25-21)14-24-22(28)18-7-4-12-26(18)20(27)11-9-15-5-2-1-3-6-15;1-2-6(3,4)5/h1-3,5-6,8,10,13,18H,4,7,9,11-12,14H2,(H2,23,25)(H,24,28);2H2,1H3,(H2,3,4,5)/t18-;/m0./s1. The van der Waals surface area contributed by atoms with Crippen molar-refractivity contribution in [3.8, 4) is 0 Å². The summed E-state index contributed by atoms with van der Waals surface area (Å²) in [5, 5.41) is 11.9. The second kappa shape index (κ2) is 11.8. The lowest BCUT2D eigenvalue weighted by molar-refractivity contribution is -0.138. The van der Waals surface area contributed by atoms with Gasteiger partial charge in [-0.25, -0.2) is 13.6 Å². The number of carbonyl (C=O) groups excluding carboxylic acids is 2. The molecule has 0 aliphatic carbocycles. The molecule has 4 rings (SSSR count). The van der Waals surface area contributed by atoms with Crippen LogP contribution in [0.4, 0.5) is 5.82 Å². The van der Waals surface area contributed by atoms with Crippen molar-refractivity contribution in [2.75, 3.05) is 18.0 Å². The fraction of sp³-hybridized carbons (Fsp3) is 0.375. The van der Waals surface area contributed by atoms with E-state index in [1.165, 1.54) is 6.92 Å². The number of hydrogen-bond acceptors (Lipinski definition) is 7. The van der Waals surface area contributed by atoms with Crippen LogP contribution in [0.25, 0.3) is 11.0 Å². The molecule has 0 unspecified atom stereocenters. The molecule has 188 valence electrons. The minimum atomic E-state index is -3.16. The van der Waals surface area contributed by atoms with Gasteiger partial charge in [0.05, 0.1) is 11.1 Å². The van der Waals surface area contributed by atoms with Crippen LogP contribution in [0, 0.1) is 0 Å². The smallest absolute Gasteiger partial charge is 0.243 e. The second-order valence-corrected chi connectivity index (χ2v) is 10.2. The number of sulfonamides is 1. The van der Waals surface area contributed by atoms with Crippen LogP contribution in [0.3, 0.4) is 0 Å². The number of anilines is 1. The number of likely N-dealkylation sites (tertiary alicyclic amines) is 1. The number of hydrogen-bond donors (Lipinski definition) is 3. The highest BCUT2D eigenvalue weighted by Crippen LogP contribution is 2.22. The first-order valence-electron chi connectivity index (χ1n) is 11.4. The maximum absolute atomic E-state index is 12.7. The largest absolute Gasteiger partial charge is 0.380 e. The average Bonchev–Trinajstić information content (AvgIpc) is 3.49. The number of benzene rings is 2.